The fraction of sp³-hybridized carbons (Fsp3) is 0.920. The number of hydrogen-bond donors (Lipinski definition) is 2. The number of esters is 2. The second-order valence-corrected chi connectivity index (χ2v) is 9.40. The Bertz CT molecular complexity index is 394. The lowest BCUT2D eigenvalue weighted by Gasteiger charge is -2.17. The van der Waals surface area contributed by atoms with E-state index in [9.17, 15) is 9.59 Å². The van der Waals surface area contributed by atoms with Crippen molar-refractivity contribution in [1.82, 2.24) is 0 Å². The largest absolute Gasteiger partial charge is 0.462 e. The summed E-state index contributed by atoms with van der Waals surface area (Å²) in [5.74, 6) is 1.34. The second-order valence-electron chi connectivity index (χ2n) is 8.51. The zero-order valence-corrected chi connectivity index (χ0v) is 21.9. The number of unbranched alkanes of at least 4 members (excludes halogenated alkanes) is 8. The molecule has 4 nitrogen and oxygen atoms in total. The van der Waals surface area contributed by atoms with Gasteiger partial charge in [-0.1, -0.05) is 58.8 Å². The smallest absolute Gasteiger partial charge is 0.306 e. The average Bonchev–Trinajstić information content (AvgIpc) is 2.73. The van der Waals surface area contributed by atoms with Crippen LogP contribution in [0.4, 0.5) is 0 Å². The first-order valence-electron chi connectivity index (χ1n) is 12.7. The van der Waals surface area contributed by atoms with Gasteiger partial charge in [0.15, 0.2) is 0 Å². The van der Waals surface area contributed by atoms with E-state index in [-0.39, 0.29) is 24.1 Å². The maximum Gasteiger partial charge on any atom is 0.306 e. The van der Waals surface area contributed by atoms with E-state index in [0.29, 0.717) is 12.8 Å². The summed E-state index contributed by atoms with van der Waals surface area (Å²) in [5, 5.41) is 0. The molecule has 0 heterocycles. The number of hydrogen-bond acceptors (Lipinski definition) is 6. The van der Waals surface area contributed by atoms with E-state index in [1.165, 1.54) is 25.7 Å². The molecule has 184 valence electrons. The van der Waals surface area contributed by atoms with Crippen LogP contribution < -0.4 is 0 Å². The maximum absolute atomic E-state index is 12.1. The number of carbonyl (C=O) groups excluding carboxylic acids is 2. The van der Waals surface area contributed by atoms with E-state index < -0.39 is 0 Å². The molecule has 0 saturated heterocycles. The molecule has 0 aromatic heterocycles. The van der Waals surface area contributed by atoms with E-state index in [1.54, 1.807) is 0 Å². The minimum atomic E-state index is -0.0786. The van der Waals surface area contributed by atoms with Gasteiger partial charge in [-0.15, -0.1) is 0 Å². The van der Waals surface area contributed by atoms with Crippen molar-refractivity contribution in [1.29, 1.82) is 0 Å². The highest BCUT2D eigenvalue weighted by molar-refractivity contribution is 7.80. The number of rotatable bonds is 22. The van der Waals surface area contributed by atoms with E-state index in [2.05, 4.69) is 39.1 Å². The summed E-state index contributed by atoms with van der Waals surface area (Å²) in [6.45, 7) is 4.36. The molecule has 0 aliphatic carbocycles. The van der Waals surface area contributed by atoms with Crippen LogP contribution in [-0.4, -0.2) is 35.7 Å². The Hall–Kier alpha value is -0.360. The summed E-state index contributed by atoms with van der Waals surface area (Å²) in [4.78, 5) is 24.2. The third-order valence-electron chi connectivity index (χ3n) is 5.52. The van der Waals surface area contributed by atoms with E-state index in [1.807, 2.05) is 0 Å². The van der Waals surface area contributed by atoms with Crippen LogP contribution in [0.15, 0.2) is 0 Å². The molecule has 0 amide bonds. The standard InChI is InChI=1S/C25H48O4S2/c1-3-5-10-14-22(18-20-30)28-24(26)16-12-8-7-9-13-17-25(27)29-23(19-21-31)15-11-6-4-2/h22-23,30-31H,3-21H2,1-2H3. The van der Waals surface area contributed by atoms with Gasteiger partial charge in [-0.3, -0.25) is 9.59 Å². The lowest BCUT2D eigenvalue weighted by atomic mass is 10.1. The number of ether oxygens (including phenoxy) is 2. The third-order valence-corrected chi connectivity index (χ3v) is 6.04. The molecule has 0 rings (SSSR count). The van der Waals surface area contributed by atoms with Gasteiger partial charge in [0.05, 0.1) is 0 Å². The summed E-state index contributed by atoms with van der Waals surface area (Å²) in [7, 11) is 0. The Morgan fingerprint density at radius 3 is 1.32 bits per heavy atom. The molecule has 0 aromatic rings. The van der Waals surface area contributed by atoms with Crippen LogP contribution in [0.5, 0.6) is 0 Å². The zero-order valence-electron chi connectivity index (χ0n) is 20.1. The molecule has 0 aliphatic heterocycles. The fourth-order valence-corrected chi connectivity index (χ4v) is 4.19. The van der Waals surface area contributed by atoms with Crippen LogP contribution in [-0.2, 0) is 19.1 Å². The second kappa shape index (κ2) is 22.8. The number of carbonyl (C=O) groups is 2. The minimum absolute atomic E-state index is 0.0240. The van der Waals surface area contributed by atoms with Crippen molar-refractivity contribution in [2.45, 2.75) is 135 Å². The molecular formula is C25H48O4S2. The van der Waals surface area contributed by atoms with Crippen molar-refractivity contribution in [3.05, 3.63) is 0 Å². The van der Waals surface area contributed by atoms with Gasteiger partial charge in [0.25, 0.3) is 0 Å². The van der Waals surface area contributed by atoms with E-state index in [0.717, 1.165) is 82.1 Å². The van der Waals surface area contributed by atoms with E-state index in [4.69, 9.17) is 9.47 Å². The minimum Gasteiger partial charge on any atom is -0.462 e. The van der Waals surface area contributed by atoms with Crippen LogP contribution in [0.1, 0.15) is 123 Å². The third kappa shape index (κ3) is 20.0. The lowest BCUT2D eigenvalue weighted by molar-refractivity contribution is -0.150. The van der Waals surface area contributed by atoms with Gasteiger partial charge in [0.2, 0.25) is 0 Å². The Labute approximate surface area is 202 Å². The topological polar surface area (TPSA) is 52.6 Å². The molecular weight excluding hydrogens is 428 g/mol. The first-order chi connectivity index (χ1) is 15.1. The van der Waals surface area contributed by atoms with Gasteiger partial charge in [0.1, 0.15) is 12.2 Å². The normalized spacial score (nSPS) is 13.0. The molecule has 2 atom stereocenters. The maximum atomic E-state index is 12.1. The van der Waals surface area contributed by atoms with Crippen LogP contribution >= 0.6 is 25.3 Å². The molecule has 0 fully saturated rings. The molecule has 6 heteroatoms. The molecule has 0 N–H and O–H groups in total. The van der Waals surface area contributed by atoms with Gasteiger partial charge in [-0.05, 0) is 62.9 Å². The van der Waals surface area contributed by atoms with Crippen molar-refractivity contribution in [3.8, 4) is 0 Å². The summed E-state index contributed by atoms with van der Waals surface area (Å²) in [6, 6.07) is 0. The van der Waals surface area contributed by atoms with Crippen molar-refractivity contribution in [2.75, 3.05) is 11.5 Å². The summed E-state index contributed by atoms with van der Waals surface area (Å²) in [5.41, 5.74) is 0. The van der Waals surface area contributed by atoms with Gasteiger partial charge in [-0.2, -0.15) is 25.3 Å². The summed E-state index contributed by atoms with van der Waals surface area (Å²) in [6.07, 6.45) is 16.3. The van der Waals surface area contributed by atoms with Crippen molar-refractivity contribution >= 4 is 37.2 Å². The number of thiol groups is 2. The molecule has 0 spiro atoms. The first-order valence-corrected chi connectivity index (χ1v) is 13.9. The van der Waals surface area contributed by atoms with Crippen molar-refractivity contribution in [2.24, 2.45) is 0 Å². The molecule has 0 bridgehead atoms. The van der Waals surface area contributed by atoms with Crippen molar-refractivity contribution in [3.63, 3.8) is 0 Å². The predicted octanol–water partition coefficient (Wildman–Crippen LogP) is 7.34. The van der Waals surface area contributed by atoms with Gasteiger partial charge in [0, 0.05) is 12.8 Å². The predicted molar refractivity (Wildman–Crippen MR) is 137 cm³/mol. The molecule has 0 aliphatic rings. The highest BCUT2D eigenvalue weighted by Crippen LogP contribution is 2.15. The van der Waals surface area contributed by atoms with Gasteiger partial charge >= 0.3 is 11.9 Å². The zero-order chi connectivity index (χ0) is 23.2. The Morgan fingerprint density at radius 1 is 0.581 bits per heavy atom. The van der Waals surface area contributed by atoms with Gasteiger partial charge < -0.3 is 9.47 Å². The summed E-state index contributed by atoms with van der Waals surface area (Å²) < 4.78 is 11.3. The molecule has 0 saturated carbocycles. The Balaban J connectivity index is 3.81. The average molecular weight is 477 g/mol. The fourth-order valence-electron chi connectivity index (χ4n) is 3.62. The van der Waals surface area contributed by atoms with Crippen LogP contribution in [0.25, 0.3) is 0 Å². The lowest BCUT2D eigenvalue weighted by Crippen LogP contribution is -2.19. The monoisotopic (exact) mass is 476 g/mol. The molecule has 0 radical (unpaired) electrons. The van der Waals surface area contributed by atoms with Crippen LogP contribution in [0.2, 0.25) is 0 Å². The highest BCUT2D eigenvalue weighted by Gasteiger charge is 2.14. The molecule has 31 heavy (non-hydrogen) atoms. The molecule has 2 unspecified atom stereocenters. The van der Waals surface area contributed by atoms with Crippen molar-refractivity contribution < 1.29 is 19.1 Å². The summed E-state index contributed by atoms with van der Waals surface area (Å²) >= 11 is 8.56. The van der Waals surface area contributed by atoms with Crippen LogP contribution in [0, 0.1) is 0 Å². The highest BCUT2D eigenvalue weighted by atomic mass is 32.1. The quantitative estimate of drug-likeness (QED) is 0.0975. The van der Waals surface area contributed by atoms with E-state index >= 15 is 0 Å². The van der Waals surface area contributed by atoms with Gasteiger partial charge in [-0.25, -0.2) is 0 Å². The van der Waals surface area contributed by atoms with Crippen LogP contribution in [0.3, 0.4) is 0 Å². The molecule has 0 aromatic carbocycles. The first kappa shape index (κ1) is 30.6. The SMILES string of the molecule is CCCCCC(CCS)OC(=O)CCCCCCCC(=O)OC(CCS)CCCCC. The Kier molecular flexibility index (Phi) is 22.6. The Morgan fingerprint density at radius 2 is 0.968 bits per heavy atom.